The predicted molar refractivity (Wildman–Crippen MR) is 68.1 cm³/mol. The van der Waals surface area contributed by atoms with Crippen molar-refractivity contribution in [3.63, 3.8) is 0 Å². The summed E-state index contributed by atoms with van der Waals surface area (Å²) in [7, 11) is 1.83. The van der Waals surface area contributed by atoms with Gasteiger partial charge in [0.2, 0.25) is 0 Å². The molecule has 0 aliphatic heterocycles. The Morgan fingerprint density at radius 1 is 1.47 bits per heavy atom. The van der Waals surface area contributed by atoms with E-state index in [2.05, 4.69) is 18.3 Å². The first-order valence-electron chi connectivity index (χ1n) is 6.54. The first kappa shape index (κ1) is 12.7. The molecule has 3 nitrogen and oxygen atoms in total. The third-order valence-electron chi connectivity index (χ3n) is 3.83. The fraction of sp³-hybridized carbons (Fsp3) is 0.714. The van der Waals surface area contributed by atoms with Gasteiger partial charge in [0, 0.05) is 7.11 Å². The van der Waals surface area contributed by atoms with Crippen molar-refractivity contribution in [2.45, 2.75) is 51.2 Å². The van der Waals surface area contributed by atoms with Crippen LogP contribution in [0.25, 0.3) is 0 Å². The summed E-state index contributed by atoms with van der Waals surface area (Å²) >= 11 is 0. The molecule has 0 radical (unpaired) electrons. The molecule has 17 heavy (non-hydrogen) atoms. The third-order valence-corrected chi connectivity index (χ3v) is 3.83. The van der Waals surface area contributed by atoms with E-state index in [4.69, 9.17) is 9.15 Å². The van der Waals surface area contributed by atoms with Crippen molar-refractivity contribution < 1.29 is 9.15 Å². The lowest BCUT2D eigenvalue weighted by Crippen LogP contribution is -2.42. The molecular formula is C14H23NO2. The van der Waals surface area contributed by atoms with Gasteiger partial charge in [-0.25, -0.2) is 0 Å². The number of methoxy groups -OCH3 is 1. The Balaban J connectivity index is 2.06. The van der Waals surface area contributed by atoms with Crippen LogP contribution in [0.4, 0.5) is 0 Å². The number of hydrogen-bond acceptors (Lipinski definition) is 3. The summed E-state index contributed by atoms with van der Waals surface area (Å²) in [4.78, 5) is 0. The molecule has 1 saturated carbocycles. The normalized spacial score (nSPS) is 19.9. The zero-order chi connectivity index (χ0) is 12.3. The molecule has 96 valence electrons. The molecule has 1 aliphatic carbocycles. The number of aryl methyl sites for hydroxylation is 1. The highest BCUT2D eigenvalue weighted by Gasteiger charge is 2.39. The van der Waals surface area contributed by atoms with Crippen LogP contribution in [0.5, 0.6) is 0 Å². The zero-order valence-electron chi connectivity index (χ0n) is 11.1. The molecule has 0 amide bonds. The Kier molecular flexibility index (Phi) is 3.89. The number of nitrogens with one attached hydrogen (secondary N) is 1. The maximum atomic E-state index is 5.74. The lowest BCUT2D eigenvalue weighted by molar-refractivity contribution is -0.0848. The molecule has 2 rings (SSSR count). The Bertz CT molecular complexity index is 349. The highest BCUT2D eigenvalue weighted by Crippen LogP contribution is 2.42. The van der Waals surface area contributed by atoms with Crippen molar-refractivity contribution in [2.24, 2.45) is 0 Å². The third kappa shape index (κ3) is 2.72. The average Bonchev–Trinajstić information content (AvgIpc) is 2.69. The second-order valence-electron chi connectivity index (χ2n) is 5.00. The Morgan fingerprint density at radius 2 is 2.24 bits per heavy atom. The van der Waals surface area contributed by atoms with E-state index in [1.165, 1.54) is 19.3 Å². The van der Waals surface area contributed by atoms with Gasteiger partial charge in [-0.15, -0.1) is 0 Å². The summed E-state index contributed by atoms with van der Waals surface area (Å²) < 4.78 is 11.4. The van der Waals surface area contributed by atoms with Crippen LogP contribution in [0.2, 0.25) is 0 Å². The van der Waals surface area contributed by atoms with Gasteiger partial charge >= 0.3 is 0 Å². The smallest absolute Gasteiger partial charge is 0.121 e. The summed E-state index contributed by atoms with van der Waals surface area (Å²) in [6.07, 6.45) is 4.63. The molecule has 1 aromatic heterocycles. The topological polar surface area (TPSA) is 34.4 Å². The molecule has 1 atom stereocenters. The number of rotatable bonds is 6. The van der Waals surface area contributed by atoms with E-state index in [9.17, 15) is 0 Å². The molecule has 1 N–H and O–H groups in total. The maximum Gasteiger partial charge on any atom is 0.121 e. The van der Waals surface area contributed by atoms with E-state index in [0.29, 0.717) is 0 Å². The minimum Gasteiger partial charge on any atom is -0.465 e. The van der Waals surface area contributed by atoms with E-state index in [-0.39, 0.29) is 11.6 Å². The van der Waals surface area contributed by atoms with Crippen LogP contribution < -0.4 is 5.32 Å². The summed E-state index contributed by atoms with van der Waals surface area (Å²) in [6.45, 7) is 5.06. The van der Waals surface area contributed by atoms with Crippen LogP contribution >= 0.6 is 0 Å². The number of ether oxygens (including phenoxy) is 1. The Hall–Kier alpha value is -0.800. The molecule has 1 unspecified atom stereocenters. The van der Waals surface area contributed by atoms with Crippen LogP contribution in [-0.2, 0) is 4.74 Å². The molecule has 0 saturated heterocycles. The van der Waals surface area contributed by atoms with Gasteiger partial charge in [-0.1, -0.05) is 6.92 Å². The van der Waals surface area contributed by atoms with Gasteiger partial charge in [-0.2, -0.15) is 0 Å². The molecule has 1 aliphatic rings. The van der Waals surface area contributed by atoms with Gasteiger partial charge in [0.05, 0.1) is 11.6 Å². The molecular weight excluding hydrogens is 214 g/mol. The monoisotopic (exact) mass is 237 g/mol. The minimum absolute atomic E-state index is 0.0769. The highest BCUT2D eigenvalue weighted by molar-refractivity contribution is 5.11. The molecule has 0 spiro atoms. The number of furan rings is 1. The molecule has 3 heteroatoms. The van der Waals surface area contributed by atoms with Crippen molar-refractivity contribution in [1.82, 2.24) is 5.32 Å². The zero-order valence-corrected chi connectivity index (χ0v) is 11.1. The lowest BCUT2D eigenvalue weighted by Gasteiger charge is -2.42. The van der Waals surface area contributed by atoms with Crippen LogP contribution in [0.15, 0.2) is 16.5 Å². The van der Waals surface area contributed by atoms with Crippen LogP contribution in [0.3, 0.4) is 0 Å². The fourth-order valence-electron chi connectivity index (χ4n) is 2.60. The van der Waals surface area contributed by atoms with Gasteiger partial charge in [-0.3, -0.25) is 0 Å². The first-order chi connectivity index (χ1) is 8.19. The largest absolute Gasteiger partial charge is 0.465 e. The first-order valence-corrected chi connectivity index (χ1v) is 6.54. The fourth-order valence-corrected chi connectivity index (χ4v) is 2.60. The van der Waals surface area contributed by atoms with Gasteiger partial charge < -0.3 is 14.5 Å². The molecule has 1 heterocycles. The predicted octanol–water partition coefficient (Wildman–Crippen LogP) is 3.20. The average molecular weight is 237 g/mol. The quantitative estimate of drug-likeness (QED) is 0.825. The maximum absolute atomic E-state index is 5.74. The Morgan fingerprint density at radius 3 is 2.65 bits per heavy atom. The Labute approximate surface area is 104 Å². The van der Waals surface area contributed by atoms with Crippen molar-refractivity contribution in [1.29, 1.82) is 0 Å². The van der Waals surface area contributed by atoms with Gasteiger partial charge in [0.1, 0.15) is 11.5 Å². The summed E-state index contributed by atoms with van der Waals surface area (Å²) in [6, 6.07) is 4.37. The second kappa shape index (κ2) is 5.23. The summed E-state index contributed by atoms with van der Waals surface area (Å²) in [5.41, 5.74) is 0.0769. The standard InChI is InChI=1S/C14H23NO2/c1-4-15-12(13-7-6-11(2)17-13)10-14(16-3)8-5-9-14/h6-7,12,15H,4-5,8-10H2,1-3H3. The summed E-state index contributed by atoms with van der Waals surface area (Å²) in [5.74, 6) is 2.01. The number of hydrogen-bond donors (Lipinski definition) is 1. The molecule has 0 aromatic carbocycles. The highest BCUT2D eigenvalue weighted by atomic mass is 16.5. The van der Waals surface area contributed by atoms with Crippen molar-refractivity contribution in [3.8, 4) is 0 Å². The van der Waals surface area contributed by atoms with Crippen molar-refractivity contribution in [2.75, 3.05) is 13.7 Å². The van der Waals surface area contributed by atoms with Crippen LogP contribution in [0.1, 0.15) is 50.2 Å². The van der Waals surface area contributed by atoms with E-state index in [1.54, 1.807) is 0 Å². The van der Waals surface area contributed by atoms with E-state index in [1.807, 2.05) is 20.1 Å². The SMILES string of the molecule is CCNC(CC1(OC)CCC1)c1ccc(C)o1. The molecule has 0 bridgehead atoms. The molecule has 1 aromatic rings. The van der Waals surface area contributed by atoms with E-state index >= 15 is 0 Å². The van der Waals surface area contributed by atoms with Crippen LogP contribution in [0, 0.1) is 6.92 Å². The summed E-state index contributed by atoms with van der Waals surface area (Å²) in [5, 5.41) is 3.50. The van der Waals surface area contributed by atoms with Crippen molar-refractivity contribution >= 4 is 0 Å². The van der Waals surface area contributed by atoms with E-state index in [0.717, 1.165) is 24.5 Å². The van der Waals surface area contributed by atoms with Gasteiger partial charge in [0.25, 0.3) is 0 Å². The van der Waals surface area contributed by atoms with Gasteiger partial charge in [0.15, 0.2) is 0 Å². The minimum atomic E-state index is 0.0769. The van der Waals surface area contributed by atoms with Crippen molar-refractivity contribution in [3.05, 3.63) is 23.7 Å². The van der Waals surface area contributed by atoms with Crippen LogP contribution in [-0.4, -0.2) is 19.3 Å². The second-order valence-corrected chi connectivity index (χ2v) is 5.00. The van der Waals surface area contributed by atoms with E-state index < -0.39 is 0 Å². The molecule has 1 fully saturated rings. The lowest BCUT2D eigenvalue weighted by atomic mass is 9.75. The van der Waals surface area contributed by atoms with Gasteiger partial charge in [-0.05, 0) is 51.3 Å².